The van der Waals surface area contributed by atoms with Crippen LogP contribution in [0.1, 0.15) is 47.0 Å². The van der Waals surface area contributed by atoms with Crippen LogP contribution in [0.5, 0.6) is 0 Å². The molecule has 1 rings (SSSR count). The minimum atomic E-state index is 0.863. The molecule has 2 atom stereocenters. The summed E-state index contributed by atoms with van der Waals surface area (Å²) in [5.41, 5.74) is 0. The first kappa shape index (κ1) is 13.0. The Morgan fingerprint density at radius 1 is 1.08 bits per heavy atom. The molecule has 0 saturated heterocycles. The summed E-state index contributed by atoms with van der Waals surface area (Å²) >= 11 is 0. The van der Waals surface area contributed by atoms with Crippen LogP contribution in [0.15, 0.2) is 0 Å². The maximum atomic E-state index is 2.38. The molecular formula is C12H27N. The number of rotatable bonds is 2. The molecule has 80 valence electrons. The van der Waals surface area contributed by atoms with Gasteiger partial charge < -0.3 is 4.90 Å². The first-order valence-electron chi connectivity index (χ1n) is 5.77. The van der Waals surface area contributed by atoms with Crippen LogP contribution in [0.4, 0.5) is 0 Å². The second-order valence-electron chi connectivity index (χ2n) is 4.43. The third-order valence-electron chi connectivity index (χ3n) is 3.12. The Kier molecular flexibility index (Phi) is 6.40. The summed E-state index contributed by atoms with van der Waals surface area (Å²) < 4.78 is 0. The van der Waals surface area contributed by atoms with E-state index in [1.54, 1.807) is 0 Å². The van der Waals surface area contributed by atoms with Crippen LogP contribution in [0.2, 0.25) is 0 Å². The third kappa shape index (κ3) is 4.12. The summed E-state index contributed by atoms with van der Waals surface area (Å²) in [5.74, 6) is 1.88. The number of hydrogen-bond donors (Lipinski definition) is 0. The molecule has 0 heterocycles. The molecule has 0 radical (unpaired) electrons. The fraction of sp³-hybridized carbons (Fsp3) is 1.00. The Bertz CT molecular complexity index is 104. The van der Waals surface area contributed by atoms with Gasteiger partial charge in [-0.3, -0.25) is 0 Å². The summed E-state index contributed by atoms with van der Waals surface area (Å²) in [7, 11) is 4.40. The Labute approximate surface area is 84.5 Å². The van der Waals surface area contributed by atoms with E-state index in [0.29, 0.717) is 0 Å². The van der Waals surface area contributed by atoms with Crippen molar-refractivity contribution in [3.05, 3.63) is 0 Å². The number of nitrogens with zero attached hydrogens (tertiary/aromatic N) is 1. The highest BCUT2D eigenvalue weighted by Gasteiger charge is 2.27. The maximum absolute atomic E-state index is 2.38. The van der Waals surface area contributed by atoms with Crippen molar-refractivity contribution in [3.8, 4) is 0 Å². The molecule has 1 saturated carbocycles. The molecule has 1 aliphatic rings. The van der Waals surface area contributed by atoms with Crippen LogP contribution in [-0.2, 0) is 0 Å². The quantitative estimate of drug-likeness (QED) is 0.637. The average Bonchev–Trinajstić information content (AvgIpc) is 2.56. The van der Waals surface area contributed by atoms with Crippen molar-refractivity contribution in [2.75, 3.05) is 14.1 Å². The lowest BCUT2D eigenvalue weighted by molar-refractivity contribution is 0.279. The molecule has 0 aliphatic heterocycles. The summed E-state index contributed by atoms with van der Waals surface area (Å²) in [5, 5.41) is 0. The lowest BCUT2D eigenvalue weighted by Gasteiger charge is -2.20. The van der Waals surface area contributed by atoms with Crippen LogP contribution in [-0.4, -0.2) is 25.0 Å². The predicted octanol–water partition coefficient (Wildman–Crippen LogP) is 3.40. The van der Waals surface area contributed by atoms with Crippen LogP contribution in [0.25, 0.3) is 0 Å². The zero-order valence-corrected chi connectivity index (χ0v) is 10.3. The summed E-state index contributed by atoms with van der Waals surface area (Å²) in [6, 6.07) is 0.863. The molecule has 13 heavy (non-hydrogen) atoms. The predicted molar refractivity (Wildman–Crippen MR) is 61.0 cm³/mol. The largest absolute Gasteiger partial charge is 0.306 e. The van der Waals surface area contributed by atoms with E-state index in [2.05, 4.69) is 32.8 Å². The fourth-order valence-corrected chi connectivity index (χ4v) is 2.07. The molecule has 0 aromatic heterocycles. The minimum Gasteiger partial charge on any atom is -0.306 e. The summed E-state index contributed by atoms with van der Waals surface area (Å²) in [6.07, 6.45) is 4.28. The van der Waals surface area contributed by atoms with Crippen LogP contribution >= 0.6 is 0 Å². The molecule has 0 N–H and O–H groups in total. The first-order chi connectivity index (χ1) is 6.11. The van der Waals surface area contributed by atoms with Gasteiger partial charge in [-0.05, 0) is 45.2 Å². The molecule has 0 bridgehead atoms. The van der Waals surface area contributed by atoms with E-state index in [-0.39, 0.29) is 0 Å². The normalized spacial score (nSPS) is 27.7. The van der Waals surface area contributed by atoms with Crippen molar-refractivity contribution in [2.45, 2.75) is 53.0 Å². The summed E-state index contributed by atoms with van der Waals surface area (Å²) in [4.78, 5) is 2.38. The molecule has 1 heteroatoms. The van der Waals surface area contributed by atoms with E-state index in [0.717, 1.165) is 17.9 Å². The van der Waals surface area contributed by atoms with Gasteiger partial charge >= 0.3 is 0 Å². The highest BCUT2D eigenvalue weighted by molar-refractivity contribution is 4.81. The van der Waals surface area contributed by atoms with E-state index in [1.165, 1.54) is 19.3 Å². The Morgan fingerprint density at radius 2 is 1.62 bits per heavy atom. The highest BCUT2D eigenvalue weighted by Crippen LogP contribution is 2.33. The molecular weight excluding hydrogens is 158 g/mol. The Hall–Kier alpha value is -0.0400. The van der Waals surface area contributed by atoms with Crippen LogP contribution in [0.3, 0.4) is 0 Å². The van der Waals surface area contributed by atoms with E-state index in [9.17, 15) is 0 Å². The van der Waals surface area contributed by atoms with Crippen LogP contribution in [0, 0.1) is 11.8 Å². The molecule has 2 unspecified atom stereocenters. The van der Waals surface area contributed by atoms with E-state index >= 15 is 0 Å². The zero-order chi connectivity index (χ0) is 10.4. The van der Waals surface area contributed by atoms with E-state index < -0.39 is 0 Å². The Balaban J connectivity index is 0.000000671. The maximum Gasteiger partial charge on any atom is 0.00920 e. The average molecular weight is 185 g/mol. The van der Waals surface area contributed by atoms with Gasteiger partial charge in [0.05, 0.1) is 0 Å². The first-order valence-corrected chi connectivity index (χ1v) is 5.77. The standard InChI is InChI=1S/C10H21N.C2H6/c1-8(2)9-5-6-10(7-9)11(3)4;1-2/h8-10H,5-7H2,1-4H3;1-2H3. The van der Waals surface area contributed by atoms with Gasteiger partial charge in [-0.2, -0.15) is 0 Å². The molecule has 1 nitrogen and oxygen atoms in total. The van der Waals surface area contributed by atoms with E-state index in [4.69, 9.17) is 0 Å². The monoisotopic (exact) mass is 185 g/mol. The van der Waals surface area contributed by atoms with Gasteiger partial charge in [0.1, 0.15) is 0 Å². The van der Waals surface area contributed by atoms with Gasteiger partial charge in [0.25, 0.3) is 0 Å². The van der Waals surface area contributed by atoms with Crippen molar-refractivity contribution in [2.24, 2.45) is 11.8 Å². The highest BCUT2D eigenvalue weighted by atomic mass is 15.1. The van der Waals surface area contributed by atoms with Gasteiger partial charge in [-0.15, -0.1) is 0 Å². The zero-order valence-electron chi connectivity index (χ0n) is 10.3. The van der Waals surface area contributed by atoms with Crippen LogP contribution < -0.4 is 0 Å². The van der Waals surface area contributed by atoms with Gasteiger partial charge in [0, 0.05) is 6.04 Å². The van der Waals surface area contributed by atoms with Crippen molar-refractivity contribution in [3.63, 3.8) is 0 Å². The second-order valence-corrected chi connectivity index (χ2v) is 4.43. The van der Waals surface area contributed by atoms with Crippen molar-refractivity contribution >= 4 is 0 Å². The minimum absolute atomic E-state index is 0.863. The summed E-state index contributed by atoms with van der Waals surface area (Å²) in [6.45, 7) is 8.70. The Morgan fingerprint density at radius 3 is 1.85 bits per heavy atom. The molecule has 0 aromatic rings. The van der Waals surface area contributed by atoms with E-state index in [1.807, 2.05) is 13.8 Å². The van der Waals surface area contributed by atoms with Gasteiger partial charge in [0.15, 0.2) is 0 Å². The van der Waals surface area contributed by atoms with Crippen molar-refractivity contribution in [1.29, 1.82) is 0 Å². The third-order valence-corrected chi connectivity index (χ3v) is 3.12. The van der Waals surface area contributed by atoms with Crippen molar-refractivity contribution < 1.29 is 0 Å². The second kappa shape index (κ2) is 6.42. The van der Waals surface area contributed by atoms with Crippen molar-refractivity contribution in [1.82, 2.24) is 4.90 Å². The SMILES string of the molecule is CC.CC(C)C1CCC(N(C)C)C1. The topological polar surface area (TPSA) is 3.24 Å². The van der Waals surface area contributed by atoms with Gasteiger partial charge in [-0.1, -0.05) is 27.7 Å². The molecule has 1 aliphatic carbocycles. The smallest absolute Gasteiger partial charge is 0.00920 e. The molecule has 0 spiro atoms. The lowest BCUT2D eigenvalue weighted by atomic mass is 9.94. The van der Waals surface area contributed by atoms with Gasteiger partial charge in [-0.25, -0.2) is 0 Å². The molecule has 1 fully saturated rings. The lowest BCUT2D eigenvalue weighted by Crippen LogP contribution is -2.25. The molecule has 0 amide bonds. The van der Waals surface area contributed by atoms with Gasteiger partial charge in [0.2, 0.25) is 0 Å². The molecule has 0 aromatic carbocycles. The number of hydrogen-bond acceptors (Lipinski definition) is 1. The fourth-order valence-electron chi connectivity index (χ4n) is 2.07.